The number of anilines is 1. The lowest BCUT2D eigenvalue weighted by atomic mass is 10.0. The number of aromatic nitrogens is 2. The van der Waals surface area contributed by atoms with Gasteiger partial charge in [0.05, 0.1) is 17.7 Å². The summed E-state index contributed by atoms with van der Waals surface area (Å²) in [5.74, 6) is -1.32. The summed E-state index contributed by atoms with van der Waals surface area (Å²) in [4.78, 5) is 11.5. The van der Waals surface area contributed by atoms with E-state index >= 15 is 0 Å². The molecule has 0 radical (unpaired) electrons. The van der Waals surface area contributed by atoms with E-state index in [1.165, 1.54) is 25.3 Å². The minimum absolute atomic E-state index is 0.0193. The summed E-state index contributed by atoms with van der Waals surface area (Å²) in [6.45, 7) is 0. The van der Waals surface area contributed by atoms with Gasteiger partial charge in [0.1, 0.15) is 5.82 Å². The number of nitrogens with two attached hydrogens (primary N) is 1. The summed E-state index contributed by atoms with van der Waals surface area (Å²) in [5, 5.41) is 6.21. The third-order valence-electron chi connectivity index (χ3n) is 2.40. The number of halogens is 2. The molecule has 0 unspecified atom stereocenters. The summed E-state index contributed by atoms with van der Waals surface area (Å²) in [7, 11) is 1.20. The van der Waals surface area contributed by atoms with E-state index in [4.69, 9.17) is 17.3 Å². The number of ether oxygens (including phenoxy) is 1. The second-order valence-corrected chi connectivity index (χ2v) is 3.85. The molecule has 0 aliphatic rings. The number of hydrogen-bond acceptors (Lipinski definition) is 4. The SMILES string of the molecule is COC(=O)c1[nH]nc(N)c1-c1c(F)cccc1Cl. The quantitative estimate of drug-likeness (QED) is 0.819. The fraction of sp³-hybridized carbons (Fsp3) is 0.0909. The minimum Gasteiger partial charge on any atom is -0.464 e. The highest BCUT2D eigenvalue weighted by Crippen LogP contribution is 2.35. The molecule has 0 amide bonds. The fourth-order valence-corrected chi connectivity index (χ4v) is 1.85. The van der Waals surface area contributed by atoms with Crippen LogP contribution in [-0.4, -0.2) is 23.3 Å². The van der Waals surface area contributed by atoms with Crippen LogP contribution in [0.3, 0.4) is 0 Å². The molecule has 0 fully saturated rings. The van der Waals surface area contributed by atoms with Crippen molar-refractivity contribution in [2.75, 3.05) is 12.8 Å². The number of esters is 1. The second kappa shape index (κ2) is 4.66. The van der Waals surface area contributed by atoms with Crippen LogP contribution in [0.25, 0.3) is 11.1 Å². The maximum atomic E-state index is 13.8. The smallest absolute Gasteiger partial charge is 0.356 e. The fourth-order valence-electron chi connectivity index (χ4n) is 1.60. The van der Waals surface area contributed by atoms with E-state index in [1.54, 1.807) is 0 Å². The molecular weight excluding hydrogens is 261 g/mol. The van der Waals surface area contributed by atoms with Gasteiger partial charge in [-0.05, 0) is 12.1 Å². The first-order valence-electron chi connectivity index (χ1n) is 4.92. The van der Waals surface area contributed by atoms with E-state index in [2.05, 4.69) is 14.9 Å². The Kier molecular flexibility index (Phi) is 3.20. The van der Waals surface area contributed by atoms with E-state index in [1.807, 2.05) is 0 Å². The number of hydrogen-bond donors (Lipinski definition) is 2. The van der Waals surface area contributed by atoms with Crippen molar-refractivity contribution < 1.29 is 13.9 Å². The van der Waals surface area contributed by atoms with Crippen LogP contribution in [0.15, 0.2) is 18.2 Å². The van der Waals surface area contributed by atoms with Gasteiger partial charge in [0, 0.05) is 5.56 Å². The van der Waals surface area contributed by atoms with Gasteiger partial charge in [-0.1, -0.05) is 17.7 Å². The van der Waals surface area contributed by atoms with E-state index in [0.29, 0.717) is 0 Å². The van der Waals surface area contributed by atoms with Crippen molar-refractivity contribution in [2.45, 2.75) is 0 Å². The Hall–Kier alpha value is -2.08. The highest BCUT2D eigenvalue weighted by Gasteiger charge is 2.23. The average molecular weight is 270 g/mol. The average Bonchev–Trinajstić information content (AvgIpc) is 2.71. The van der Waals surface area contributed by atoms with E-state index in [0.717, 1.165) is 0 Å². The van der Waals surface area contributed by atoms with Crippen molar-refractivity contribution in [2.24, 2.45) is 0 Å². The molecule has 2 rings (SSSR count). The number of nitrogens with zero attached hydrogens (tertiary/aromatic N) is 1. The summed E-state index contributed by atoms with van der Waals surface area (Å²) in [5.41, 5.74) is 5.71. The van der Waals surface area contributed by atoms with Crippen molar-refractivity contribution in [1.29, 1.82) is 0 Å². The second-order valence-electron chi connectivity index (χ2n) is 3.45. The first-order valence-corrected chi connectivity index (χ1v) is 5.30. The van der Waals surface area contributed by atoms with Crippen LogP contribution in [0, 0.1) is 5.82 Å². The van der Waals surface area contributed by atoms with E-state index in [-0.39, 0.29) is 27.7 Å². The number of benzene rings is 1. The molecule has 18 heavy (non-hydrogen) atoms. The molecule has 1 aromatic heterocycles. The summed E-state index contributed by atoms with van der Waals surface area (Å²) >= 11 is 5.92. The van der Waals surface area contributed by atoms with Gasteiger partial charge in [-0.2, -0.15) is 5.10 Å². The zero-order chi connectivity index (χ0) is 13.3. The third kappa shape index (κ3) is 1.91. The molecule has 2 aromatic rings. The molecule has 1 heterocycles. The molecule has 0 atom stereocenters. The normalized spacial score (nSPS) is 10.4. The van der Waals surface area contributed by atoms with Crippen molar-refractivity contribution >= 4 is 23.4 Å². The number of rotatable bonds is 2. The first-order chi connectivity index (χ1) is 8.56. The number of carbonyl (C=O) groups is 1. The molecule has 5 nitrogen and oxygen atoms in total. The zero-order valence-corrected chi connectivity index (χ0v) is 10.1. The molecule has 3 N–H and O–H groups in total. The lowest BCUT2D eigenvalue weighted by Gasteiger charge is -2.06. The Labute approximate surface area is 107 Å². The molecule has 94 valence electrons. The van der Waals surface area contributed by atoms with Crippen LogP contribution in [0.2, 0.25) is 5.02 Å². The monoisotopic (exact) mass is 269 g/mol. The minimum atomic E-state index is -0.700. The highest BCUT2D eigenvalue weighted by atomic mass is 35.5. The Balaban J connectivity index is 2.71. The molecule has 7 heteroatoms. The van der Waals surface area contributed by atoms with Gasteiger partial charge < -0.3 is 10.5 Å². The van der Waals surface area contributed by atoms with Crippen LogP contribution in [0.4, 0.5) is 10.2 Å². The van der Waals surface area contributed by atoms with Crippen LogP contribution in [0.1, 0.15) is 10.5 Å². The maximum Gasteiger partial charge on any atom is 0.356 e. The molecule has 0 spiro atoms. The number of nitrogens with one attached hydrogen (secondary N) is 1. The standard InChI is InChI=1S/C11H9ClFN3O2/c1-18-11(17)9-8(10(14)16-15-9)7-5(12)3-2-4-6(7)13/h2-4H,1H3,(H3,14,15,16). The maximum absolute atomic E-state index is 13.8. The van der Waals surface area contributed by atoms with Crippen LogP contribution >= 0.6 is 11.6 Å². The molecule has 0 saturated heterocycles. The topological polar surface area (TPSA) is 81.0 Å². The number of methoxy groups -OCH3 is 1. The first kappa shape index (κ1) is 12.4. The predicted molar refractivity (Wildman–Crippen MR) is 64.7 cm³/mol. The lowest BCUT2D eigenvalue weighted by Crippen LogP contribution is -2.04. The zero-order valence-electron chi connectivity index (χ0n) is 9.33. The van der Waals surface area contributed by atoms with Crippen molar-refractivity contribution in [3.8, 4) is 11.1 Å². The van der Waals surface area contributed by atoms with Crippen LogP contribution in [0.5, 0.6) is 0 Å². The van der Waals surface area contributed by atoms with Crippen LogP contribution < -0.4 is 5.73 Å². The summed E-state index contributed by atoms with van der Waals surface area (Å²) < 4.78 is 18.4. The largest absolute Gasteiger partial charge is 0.464 e. The van der Waals surface area contributed by atoms with Gasteiger partial charge in [0.25, 0.3) is 0 Å². The van der Waals surface area contributed by atoms with E-state index in [9.17, 15) is 9.18 Å². The van der Waals surface area contributed by atoms with Crippen molar-refractivity contribution in [3.63, 3.8) is 0 Å². The summed E-state index contributed by atoms with van der Waals surface area (Å²) in [6, 6.07) is 4.16. The molecular formula is C11H9ClFN3O2. The molecule has 1 aromatic carbocycles. The lowest BCUT2D eigenvalue weighted by molar-refractivity contribution is 0.0595. The van der Waals surface area contributed by atoms with Gasteiger partial charge in [-0.25, -0.2) is 9.18 Å². The molecule has 0 bridgehead atoms. The number of nitrogen functional groups attached to an aromatic ring is 1. The Morgan fingerprint density at radius 2 is 2.22 bits per heavy atom. The van der Waals surface area contributed by atoms with Crippen molar-refractivity contribution in [1.82, 2.24) is 10.2 Å². The van der Waals surface area contributed by atoms with Gasteiger partial charge in [-0.15, -0.1) is 0 Å². The highest BCUT2D eigenvalue weighted by molar-refractivity contribution is 6.33. The Morgan fingerprint density at radius 3 is 2.83 bits per heavy atom. The Morgan fingerprint density at radius 1 is 1.50 bits per heavy atom. The molecule has 0 aliphatic heterocycles. The third-order valence-corrected chi connectivity index (χ3v) is 2.71. The Bertz CT molecular complexity index is 592. The molecule has 0 saturated carbocycles. The van der Waals surface area contributed by atoms with Gasteiger partial charge in [-0.3, -0.25) is 5.10 Å². The van der Waals surface area contributed by atoms with E-state index < -0.39 is 11.8 Å². The number of H-pyrrole nitrogens is 1. The molecule has 0 aliphatic carbocycles. The van der Waals surface area contributed by atoms with Crippen LogP contribution in [-0.2, 0) is 4.74 Å². The van der Waals surface area contributed by atoms with Gasteiger partial charge >= 0.3 is 5.97 Å². The predicted octanol–water partition coefficient (Wildman–Crippen LogP) is 2.24. The summed E-state index contributed by atoms with van der Waals surface area (Å²) in [6.07, 6.45) is 0. The number of carbonyl (C=O) groups excluding carboxylic acids is 1. The number of aromatic amines is 1. The van der Waals surface area contributed by atoms with Gasteiger partial charge in [0.15, 0.2) is 11.5 Å². The van der Waals surface area contributed by atoms with Crippen molar-refractivity contribution in [3.05, 3.63) is 34.7 Å². The van der Waals surface area contributed by atoms with Gasteiger partial charge in [0.2, 0.25) is 0 Å².